The zero-order valence-electron chi connectivity index (χ0n) is 13.1. The molecule has 4 heteroatoms. The van der Waals surface area contributed by atoms with Gasteiger partial charge in [-0.25, -0.2) is 4.98 Å². The van der Waals surface area contributed by atoms with Crippen molar-refractivity contribution in [2.24, 2.45) is 5.92 Å². The molecular formula is C16H28N4. The van der Waals surface area contributed by atoms with Crippen molar-refractivity contribution in [3.8, 4) is 0 Å². The van der Waals surface area contributed by atoms with Gasteiger partial charge in [-0.3, -0.25) is 0 Å². The molecule has 4 nitrogen and oxygen atoms in total. The highest BCUT2D eigenvalue weighted by molar-refractivity contribution is 5.42. The molecule has 1 atom stereocenters. The van der Waals surface area contributed by atoms with Crippen LogP contribution in [0.25, 0.3) is 0 Å². The molecule has 0 aliphatic carbocycles. The molecule has 1 aromatic heterocycles. The first-order valence-corrected chi connectivity index (χ1v) is 8.04. The summed E-state index contributed by atoms with van der Waals surface area (Å²) in [4.78, 5) is 11.6. The minimum atomic E-state index is 0.606. The predicted octanol–water partition coefficient (Wildman–Crippen LogP) is 3.70. The summed E-state index contributed by atoms with van der Waals surface area (Å²) in [6.45, 7) is 8.81. The van der Waals surface area contributed by atoms with Crippen LogP contribution < -0.4 is 10.2 Å². The SMILES string of the molecule is CCC1CCCCN1c1nccc(NCCC(C)C)n1. The predicted molar refractivity (Wildman–Crippen MR) is 85.3 cm³/mol. The van der Waals surface area contributed by atoms with E-state index < -0.39 is 0 Å². The average Bonchev–Trinajstić information content (AvgIpc) is 2.47. The molecule has 2 heterocycles. The number of piperidine rings is 1. The first kappa shape index (κ1) is 15.1. The summed E-state index contributed by atoms with van der Waals surface area (Å²) in [7, 11) is 0. The van der Waals surface area contributed by atoms with Crippen LogP contribution in [0.2, 0.25) is 0 Å². The Bertz CT molecular complexity index is 405. The van der Waals surface area contributed by atoms with E-state index >= 15 is 0 Å². The van der Waals surface area contributed by atoms with Gasteiger partial charge in [0.15, 0.2) is 0 Å². The van der Waals surface area contributed by atoms with Gasteiger partial charge in [-0.05, 0) is 44.1 Å². The van der Waals surface area contributed by atoms with E-state index in [1.165, 1.54) is 32.1 Å². The molecule has 1 saturated heterocycles. The van der Waals surface area contributed by atoms with E-state index in [1.807, 2.05) is 12.3 Å². The molecule has 20 heavy (non-hydrogen) atoms. The molecule has 112 valence electrons. The molecule has 0 saturated carbocycles. The molecule has 2 rings (SSSR count). The second-order valence-electron chi connectivity index (χ2n) is 6.10. The topological polar surface area (TPSA) is 41.1 Å². The van der Waals surface area contributed by atoms with Crippen molar-refractivity contribution in [1.29, 1.82) is 0 Å². The minimum absolute atomic E-state index is 0.606. The summed E-state index contributed by atoms with van der Waals surface area (Å²) in [5, 5.41) is 3.41. The van der Waals surface area contributed by atoms with Gasteiger partial charge < -0.3 is 10.2 Å². The van der Waals surface area contributed by atoms with Crippen LogP contribution in [-0.2, 0) is 0 Å². The Kier molecular flexibility index (Phi) is 5.62. The van der Waals surface area contributed by atoms with Crippen molar-refractivity contribution >= 4 is 11.8 Å². The Labute approximate surface area is 123 Å². The Balaban J connectivity index is 2.00. The zero-order chi connectivity index (χ0) is 14.4. The van der Waals surface area contributed by atoms with E-state index in [0.29, 0.717) is 6.04 Å². The van der Waals surface area contributed by atoms with Gasteiger partial charge in [0, 0.05) is 25.3 Å². The molecule has 1 aliphatic heterocycles. The number of anilines is 2. The Morgan fingerprint density at radius 3 is 3.00 bits per heavy atom. The summed E-state index contributed by atoms with van der Waals surface area (Å²) in [6, 6.07) is 2.57. The lowest BCUT2D eigenvalue weighted by atomic mass is 10.0. The standard InChI is InChI=1S/C16H28N4/c1-4-14-7-5-6-12-20(14)16-18-11-9-15(19-16)17-10-8-13(2)3/h9,11,13-14H,4-8,10,12H2,1-3H3,(H,17,18,19). The molecule has 0 amide bonds. The van der Waals surface area contributed by atoms with Crippen LogP contribution in [0.15, 0.2) is 12.3 Å². The fourth-order valence-corrected chi connectivity index (χ4v) is 2.76. The van der Waals surface area contributed by atoms with Gasteiger partial charge in [0.2, 0.25) is 5.95 Å². The highest BCUT2D eigenvalue weighted by Gasteiger charge is 2.23. The van der Waals surface area contributed by atoms with E-state index in [-0.39, 0.29) is 0 Å². The summed E-state index contributed by atoms with van der Waals surface area (Å²) >= 11 is 0. The number of aromatic nitrogens is 2. The molecule has 1 N–H and O–H groups in total. The fourth-order valence-electron chi connectivity index (χ4n) is 2.76. The molecule has 1 fully saturated rings. The van der Waals surface area contributed by atoms with E-state index in [1.54, 1.807) is 0 Å². The molecule has 1 unspecified atom stereocenters. The van der Waals surface area contributed by atoms with Crippen LogP contribution in [0, 0.1) is 5.92 Å². The first-order valence-electron chi connectivity index (χ1n) is 8.04. The average molecular weight is 276 g/mol. The quantitative estimate of drug-likeness (QED) is 0.860. The Morgan fingerprint density at radius 1 is 1.40 bits per heavy atom. The highest BCUT2D eigenvalue weighted by Crippen LogP contribution is 2.24. The maximum atomic E-state index is 4.70. The van der Waals surface area contributed by atoms with Crippen molar-refractivity contribution in [3.63, 3.8) is 0 Å². The number of hydrogen-bond acceptors (Lipinski definition) is 4. The number of rotatable bonds is 6. The Hall–Kier alpha value is -1.32. The van der Waals surface area contributed by atoms with Gasteiger partial charge in [-0.1, -0.05) is 20.8 Å². The lowest BCUT2D eigenvalue weighted by Crippen LogP contribution is -2.40. The molecular weight excluding hydrogens is 248 g/mol. The summed E-state index contributed by atoms with van der Waals surface area (Å²) in [5.41, 5.74) is 0. The first-order chi connectivity index (χ1) is 9.70. The lowest BCUT2D eigenvalue weighted by Gasteiger charge is -2.35. The Morgan fingerprint density at radius 2 is 2.25 bits per heavy atom. The van der Waals surface area contributed by atoms with E-state index in [4.69, 9.17) is 4.98 Å². The molecule has 1 aliphatic rings. The van der Waals surface area contributed by atoms with Crippen molar-refractivity contribution < 1.29 is 0 Å². The van der Waals surface area contributed by atoms with Gasteiger partial charge in [0.25, 0.3) is 0 Å². The maximum Gasteiger partial charge on any atom is 0.227 e. The zero-order valence-corrected chi connectivity index (χ0v) is 13.1. The second kappa shape index (κ2) is 7.46. The van der Waals surface area contributed by atoms with Crippen molar-refractivity contribution in [1.82, 2.24) is 9.97 Å². The third-order valence-corrected chi connectivity index (χ3v) is 4.03. The fraction of sp³-hybridized carbons (Fsp3) is 0.750. The van der Waals surface area contributed by atoms with Crippen molar-refractivity contribution in [2.75, 3.05) is 23.3 Å². The monoisotopic (exact) mass is 276 g/mol. The van der Waals surface area contributed by atoms with Gasteiger partial charge in [0.1, 0.15) is 5.82 Å². The van der Waals surface area contributed by atoms with Crippen LogP contribution in [-0.4, -0.2) is 29.1 Å². The van der Waals surface area contributed by atoms with E-state index in [2.05, 4.69) is 36.0 Å². The second-order valence-corrected chi connectivity index (χ2v) is 6.10. The number of hydrogen-bond donors (Lipinski definition) is 1. The largest absolute Gasteiger partial charge is 0.370 e. The maximum absolute atomic E-state index is 4.70. The van der Waals surface area contributed by atoms with E-state index in [0.717, 1.165) is 30.8 Å². The van der Waals surface area contributed by atoms with Gasteiger partial charge in [-0.15, -0.1) is 0 Å². The van der Waals surface area contributed by atoms with Crippen LogP contribution in [0.1, 0.15) is 52.9 Å². The molecule has 0 radical (unpaired) electrons. The minimum Gasteiger partial charge on any atom is -0.370 e. The normalized spacial score (nSPS) is 19.4. The van der Waals surface area contributed by atoms with Crippen LogP contribution in [0.3, 0.4) is 0 Å². The number of nitrogens with one attached hydrogen (secondary N) is 1. The molecule has 0 aromatic carbocycles. The summed E-state index contributed by atoms with van der Waals surface area (Å²) in [6.07, 6.45) is 8.08. The van der Waals surface area contributed by atoms with Crippen LogP contribution in [0.4, 0.5) is 11.8 Å². The third kappa shape index (κ3) is 4.09. The van der Waals surface area contributed by atoms with E-state index in [9.17, 15) is 0 Å². The van der Waals surface area contributed by atoms with Crippen LogP contribution >= 0.6 is 0 Å². The summed E-state index contributed by atoms with van der Waals surface area (Å²) < 4.78 is 0. The number of nitrogens with zero attached hydrogens (tertiary/aromatic N) is 3. The van der Waals surface area contributed by atoms with Gasteiger partial charge in [0.05, 0.1) is 0 Å². The molecule has 0 bridgehead atoms. The smallest absolute Gasteiger partial charge is 0.227 e. The summed E-state index contributed by atoms with van der Waals surface area (Å²) in [5.74, 6) is 2.57. The van der Waals surface area contributed by atoms with Crippen molar-refractivity contribution in [2.45, 2.75) is 58.9 Å². The molecule has 1 aromatic rings. The van der Waals surface area contributed by atoms with Crippen LogP contribution in [0.5, 0.6) is 0 Å². The van der Waals surface area contributed by atoms with Gasteiger partial charge >= 0.3 is 0 Å². The third-order valence-electron chi connectivity index (χ3n) is 4.03. The van der Waals surface area contributed by atoms with Gasteiger partial charge in [-0.2, -0.15) is 4.98 Å². The lowest BCUT2D eigenvalue weighted by molar-refractivity contribution is 0.443. The van der Waals surface area contributed by atoms with Crippen molar-refractivity contribution in [3.05, 3.63) is 12.3 Å². The molecule has 0 spiro atoms. The highest BCUT2D eigenvalue weighted by atomic mass is 15.3.